The zero-order valence-electron chi connectivity index (χ0n) is 5.43. The zero-order chi connectivity index (χ0) is 8.15. The second-order valence-corrected chi connectivity index (χ2v) is 3.11. The molecule has 5 heteroatoms. The Labute approximate surface area is 78.5 Å². The van der Waals surface area contributed by atoms with Gasteiger partial charge in [0.25, 0.3) is 3.91 Å². The van der Waals surface area contributed by atoms with Crippen LogP contribution < -0.4 is 5.32 Å². The second-order valence-electron chi connectivity index (χ2n) is 1.76. The normalized spacial score (nSPS) is 12.3. The van der Waals surface area contributed by atoms with E-state index in [4.69, 9.17) is 0 Å². The van der Waals surface area contributed by atoms with Crippen LogP contribution in [0.15, 0.2) is 0 Å². The van der Waals surface area contributed by atoms with E-state index in [1.54, 1.807) is 22.6 Å². The maximum atomic E-state index is 10.6. The fraction of sp³-hybridized carbons (Fsp3) is 0.600. The molecule has 0 heterocycles. The summed E-state index contributed by atoms with van der Waals surface area (Å²) in [6.45, 7) is 1.42. The third-order valence-corrected chi connectivity index (χ3v) is 1.64. The first-order valence-electron chi connectivity index (χ1n) is 2.65. The van der Waals surface area contributed by atoms with Gasteiger partial charge in [-0.25, -0.2) is 0 Å². The molecular formula is C5H8INO2S. The number of rotatable bonds is 3. The number of nitrogens with one attached hydrogen (secondary N) is 1. The number of ketones is 1. The molecule has 0 fully saturated rings. The predicted octanol–water partition coefficient (Wildman–Crippen LogP) is 1.02. The minimum atomic E-state index is -0.437. The Morgan fingerprint density at radius 3 is 2.30 bits per heavy atom. The van der Waals surface area contributed by atoms with Crippen LogP contribution in [-0.2, 0) is 4.79 Å². The SMILES string of the molecule is CC(=O)C(CS)NC(=O)I. The summed E-state index contributed by atoms with van der Waals surface area (Å²) in [5, 5.41) is 2.45. The van der Waals surface area contributed by atoms with Gasteiger partial charge in [0.1, 0.15) is 0 Å². The zero-order valence-corrected chi connectivity index (χ0v) is 8.48. The highest BCUT2D eigenvalue weighted by Gasteiger charge is 2.12. The average Bonchev–Trinajstić information content (AvgIpc) is 1.81. The van der Waals surface area contributed by atoms with Crippen molar-refractivity contribution >= 4 is 44.9 Å². The maximum Gasteiger partial charge on any atom is 0.281 e. The number of carbonyl (C=O) groups excluding carboxylic acids is 2. The highest BCUT2D eigenvalue weighted by Crippen LogP contribution is 1.93. The molecule has 0 aliphatic carbocycles. The Kier molecular flexibility index (Phi) is 5.06. The smallest absolute Gasteiger partial charge is 0.281 e. The number of amides is 1. The lowest BCUT2D eigenvalue weighted by atomic mass is 10.2. The Morgan fingerprint density at radius 2 is 2.20 bits per heavy atom. The molecule has 1 atom stereocenters. The minimum Gasteiger partial charge on any atom is -0.337 e. The minimum absolute atomic E-state index is 0.0694. The topological polar surface area (TPSA) is 46.2 Å². The van der Waals surface area contributed by atoms with Crippen molar-refractivity contribution in [3.8, 4) is 0 Å². The fourth-order valence-corrected chi connectivity index (χ4v) is 1.14. The van der Waals surface area contributed by atoms with Crippen molar-refractivity contribution in [1.82, 2.24) is 5.32 Å². The van der Waals surface area contributed by atoms with Gasteiger partial charge in [0.05, 0.1) is 6.04 Å². The van der Waals surface area contributed by atoms with Gasteiger partial charge in [0.2, 0.25) is 0 Å². The second kappa shape index (κ2) is 4.95. The van der Waals surface area contributed by atoms with Crippen LogP contribution in [0.1, 0.15) is 6.92 Å². The van der Waals surface area contributed by atoms with Crippen LogP contribution >= 0.6 is 35.2 Å². The summed E-state index contributed by atoms with van der Waals surface area (Å²) in [5.41, 5.74) is 0. The van der Waals surface area contributed by atoms with E-state index in [2.05, 4.69) is 17.9 Å². The van der Waals surface area contributed by atoms with Gasteiger partial charge < -0.3 is 5.32 Å². The van der Waals surface area contributed by atoms with Gasteiger partial charge in [0.15, 0.2) is 5.78 Å². The first-order valence-corrected chi connectivity index (χ1v) is 4.36. The highest BCUT2D eigenvalue weighted by atomic mass is 127. The number of Topliss-reactive ketones (excluding diaryl/α,β-unsaturated/α-hetero) is 1. The maximum absolute atomic E-state index is 10.6. The third-order valence-electron chi connectivity index (χ3n) is 0.961. The molecule has 1 unspecified atom stereocenters. The summed E-state index contributed by atoms with van der Waals surface area (Å²) < 4.78 is -0.230. The summed E-state index contributed by atoms with van der Waals surface area (Å²) in [7, 11) is 0. The van der Waals surface area contributed by atoms with E-state index in [0.29, 0.717) is 5.75 Å². The molecule has 0 rings (SSSR count). The molecule has 10 heavy (non-hydrogen) atoms. The fourth-order valence-electron chi connectivity index (χ4n) is 0.413. The summed E-state index contributed by atoms with van der Waals surface area (Å²) >= 11 is 5.47. The van der Waals surface area contributed by atoms with E-state index >= 15 is 0 Å². The number of carbonyl (C=O) groups is 2. The largest absolute Gasteiger partial charge is 0.337 e. The highest BCUT2D eigenvalue weighted by molar-refractivity contribution is 14.1. The summed E-state index contributed by atoms with van der Waals surface area (Å²) in [5.74, 6) is 0.282. The van der Waals surface area contributed by atoms with Gasteiger partial charge in [-0.3, -0.25) is 9.59 Å². The van der Waals surface area contributed by atoms with Gasteiger partial charge in [0, 0.05) is 28.3 Å². The van der Waals surface area contributed by atoms with Crippen molar-refractivity contribution in [2.75, 3.05) is 5.75 Å². The monoisotopic (exact) mass is 273 g/mol. The molecule has 0 aromatic heterocycles. The van der Waals surface area contributed by atoms with Crippen molar-refractivity contribution in [2.45, 2.75) is 13.0 Å². The van der Waals surface area contributed by atoms with Gasteiger partial charge in [-0.1, -0.05) is 0 Å². The summed E-state index contributed by atoms with van der Waals surface area (Å²) in [6, 6.07) is -0.437. The van der Waals surface area contributed by atoms with Gasteiger partial charge >= 0.3 is 0 Å². The van der Waals surface area contributed by atoms with E-state index in [-0.39, 0.29) is 9.70 Å². The van der Waals surface area contributed by atoms with E-state index in [1.165, 1.54) is 6.92 Å². The van der Waals surface area contributed by atoms with Gasteiger partial charge in [-0.15, -0.1) is 0 Å². The molecule has 1 amide bonds. The number of hydrogen-bond acceptors (Lipinski definition) is 3. The van der Waals surface area contributed by atoms with Crippen molar-refractivity contribution in [1.29, 1.82) is 0 Å². The van der Waals surface area contributed by atoms with Crippen molar-refractivity contribution in [3.63, 3.8) is 0 Å². The first-order chi connectivity index (χ1) is 4.57. The number of thiol groups is 1. The molecule has 0 bridgehead atoms. The Bertz CT molecular complexity index is 151. The predicted molar refractivity (Wildman–Crippen MR) is 50.9 cm³/mol. The molecule has 3 nitrogen and oxygen atoms in total. The summed E-state index contributed by atoms with van der Waals surface area (Å²) in [4.78, 5) is 21.1. The van der Waals surface area contributed by atoms with Crippen LogP contribution in [0.4, 0.5) is 4.79 Å². The van der Waals surface area contributed by atoms with Crippen LogP contribution in [0.25, 0.3) is 0 Å². The molecule has 58 valence electrons. The Hall–Kier alpha value is 0.220. The van der Waals surface area contributed by atoms with Crippen LogP contribution in [0.5, 0.6) is 0 Å². The molecule has 1 N–H and O–H groups in total. The van der Waals surface area contributed by atoms with Crippen molar-refractivity contribution in [3.05, 3.63) is 0 Å². The van der Waals surface area contributed by atoms with E-state index in [9.17, 15) is 9.59 Å². The van der Waals surface area contributed by atoms with Crippen molar-refractivity contribution < 1.29 is 9.59 Å². The first kappa shape index (κ1) is 10.2. The molecular weight excluding hydrogens is 265 g/mol. The lowest BCUT2D eigenvalue weighted by Crippen LogP contribution is -2.38. The van der Waals surface area contributed by atoms with E-state index < -0.39 is 6.04 Å². The van der Waals surface area contributed by atoms with Gasteiger partial charge in [-0.05, 0) is 6.92 Å². The van der Waals surface area contributed by atoms with Gasteiger partial charge in [-0.2, -0.15) is 12.6 Å². The lowest BCUT2D eigenvalue weighted by molar-refractivity contribution is -0.118. The number of halogens is 1. The molecule has 0 aliphatic heterocycles. The quantitative estimate of drug-likeness (QED) is 0.349. The third kappa shape index (κ3) is 4.10. The number of hydrogen-bond donors (Lipinski definition) is 2. The molecule has 0 radical (unpaired) electrons. The summed E-state index contributed by atoms with van der Waals surface area (Å²) in [6.07, 6.45) is 0. The average molecular weight is 273 g/mol. The van der Waals surface area contributed by atoms with Crippen LogP contribution in [0, 0.1) is 0 Å². The standard InChI is InChI=1S/C5H8INO2S/c1-3(8)4(2-10)7-5(6)9/h4,10H,2H2,1H3,(H,7,9). The Morgan fingerprint density at radius 1 is 1.70 bits per heavy atom. The van der Waals surface area contributed by atoms with E-state index in [0.717, 1.165) is 0 Å². The van der Waals surface area contributed by atoms with Crippen molar-refractivity contribution in [2.24, 2.45) is 0 Å². The molecule has 0 aromatic rings. The molecule has 0 spiro atoms. The molecule has 0 saturated carbocycles. The molecule has 0 aliphatic rings. The van der Waals surface area contributed by atoms with Crippen LogP contribution in [0.3, 0.4) is 0 Å². The van der Waals surface area contributed by atoms with Crippen LogP contribution in [0.2, 0.25) is 0 Å². The Balaban J connectivity index is 3.83. The van der Waals surface area contributed by atoms with E-state index in [1.807, 2.05) is 0 Å². The lowest BCUT2D eigenvalue weighted by Gasteiger charge is -2.09. The van der Waals surface area contributed by atoms with Crippen LogP contribution in [-0.4, -0.2) is 21.5 Å². The molecule has 0 aromatic carbocycles. The molecule has 0 saturated heterocycles.